The first-order valence-electron chi connectivity index (χ1n) is 8.84. The molecular formula is C23H21N. The molecule has 0 spiro atoms. The average Bonchev–Trinajstić information content (AvgIpc) is 2.67. The molecule has 0 saturated carbocycles. The lowest BCUT2D eigenvalue weighted by molar-refractivity contribution is 0.548. The number of hydrogen-bond acceptors (Lipinski definition) is 1. The van der Waals surface area contributed by atoms with Gasteiger partial charge in [-0.1, -0.05) is 73.7 Å². The molecular weight excluding hydrogens is 290 g/mol. The van der Waals surface area contributed by atoms with Gasteiger partial charge < -0.3 is 5.73 Å². The molecule has 118 valence electrons. The molecule has 0 fully saturated rings. The maximum Gasteiger partial charge on any atom is 0.0585 e. The predicted molar refractivity (Wildman–Crippen MR) is 98.6 cm³/mol. The number of benzene rings is 3. The molecule has 3 aromatic rings. The Labute approximate surface area is 143 Å². The van der Waals surface area contributed by atoms with Crippen LogP contribution in [-0.2, 0) is 11.8 Å². The third kappa shape index (κ3) is 1.44. The van der Waals surface area contributed by atoms with Crippen molar-refractivity contribution < 1.29 is 0 Å². The van der Waals surface area contributed by atoms with E-state index in [1.165, 1.54) is 38.9 Å². The first-order valence-corrected chi connectivity index (χ1v) is 8.84. The number of rotatable bonds is 2. The lowest BCUT2D eigenvalue weighted by atomic mass is 9.52. The molecule has 1 heteroatoms. The van der Waals surface area contributed by atoms with Crippen LogP contribution in [0.2, 0.25) is 0 Å². The number of hydrogen-bond donors (Lipinski definition) is 1. The highest BCUT2D eigenvalue weighted by molar-refractivity contribution is 5.73. The van der Waals surface area contributed by atoms with Gasteiger partial charge in [0.05, 0.1) is 5.41 Å². The van der Waals surface area contributed by atoms with Gasteiger partial charge in [-0.2, -0.15) is 0 Å². The molecule has 0 aliphatic heterocycles. The highest BCUT2D eigenvalue weighted by atomic mass is 14.7. The summed E-state index contributed by atoms with van der Waals surface area (Å²) >= 11 is 0. The zero-order chi connectivity index (χ0) is 16.3. The van der Waals surface area contributed by atoms with E-state index in [0.717, 1.165) is 6.42 Å². The van der Waals surface area contributed by atoms with Crippen molar-refractivity contribution in [1.29, 1.82) is 0 Å². The maximum absolute atomic E-state index is 6.54. The van der Waals surface area contributed by atoms with Gasteiger partial charge in [-0.05, 0) is 45.4 Å². The van der Waals surface area contributed by atoms with Crippen LogP contribution in [0.5, 0.6) is 0 Å². The van der Waals surface area contributed by atoms with Crippen molar-refractivity contribution in [3.63, 3.8) is 0 Å². The highest BCUT2D eigenvalue weighted by Gasteiger charge is 2.51. The molecule has 0 aromatic heterocycles. The zero-order valence-corrected chi connectivity index (χ0v) is 13.9. The van der Waals surface area contributed by atoms with Crippen molar-refractivity contribution in [3.8, 4) is 0 Å². The first-order chi connectivity index (χ1) is 11.8. The predicted octanol–water partition coefficient (Wildman–Crippen LogP) is 4.35. The largest absolute Gasteiger partial charge is 0.329 e. The van der Waals surface area contributed by atoms with Crippen LogP contribution in [0.4, 0.5) is 0 Å². The fourth-order valence-corrected chi connectivity index (χ4v) is 5.19. The van der Waals surface area contributed by atoms with Crippen LogP contribution in [0.3, 0.4) is 0 Å². The Kier molecular flexibility index (Phi) is 2.81. The van der Waals surface area contributed by atoms with Gasteiger partial charge >= 0.3 is 0 Å². The van der Waals surface area contributed by atoms with Crippen LogP contribution in [-0.4, -0.2) is 6.54 Å². The molecule has 2 N–H and O–H groups in total. The van der Waals surface area contributed by atoms with Crippen LogP contribution < -0.4 is 5.73 Å². The van der Waals surface area contributed by atoms with Crippen LogP contribution >= 0.6 is 0 Å². The molecule has 3 aliphatic carbocycles. The first kappa shape index (κ1) is 14.0. The Hall–Kier alpha value is -2.38. The summed E-state index contributed by atoms with van der Waals surface area (Å²) in [5, 5.41) is 0. The maximum atomic E-state index is 6.54. The Bertz CT molecular complexity index is 906. The summed E-state index contributed by atoms with van der Waals surface area (Å²) in [5.74, 6) is 0.340. The second-order valence-corrected chi connectivity index (χ2v) is 6.95. The molecule has 3 aromatic carbocycles. The second kappa shape index (κ2) is 4.81. The molecule has 6 rings (SSSR count). The Morgan fingerprint density at radius 3 is 1.96 bits per heavy atom. The normalized spacial score (nSPS) is 22.7. The average molecular weight is 311 g/mol. The van der Waals surface area contributed by atoms with Crippen LogP contribution in [0, 0.1) is 0 Å². The summed E-state index contributed by atoms with van der Waals surface area (Å²) in [7, 11) is 0. The van der Waals surface area contributed by atoms with Gasteiger partial charge in [0.1, 0.15) is 0 Å². The van der Waals surface area contributed by atoms with Crippen molar-refractivity contribution in [2.24, 2.45) is 5.73 Å². The van der Waals surface area contributed by atoms with E-state index >= 15 is 0 Å². The minimum absolute atomic E-state index is 0.204. The van der Waals surface area contributed by atoms with E-state index in [4.69, 9.17) is 5.73 Å². The van der Waals surface area contributed by atoms with Gasteiger partial charge in [-0.25, -0.2) is 0 Å². The Morgan fingerprint density at radius 2 is 1.38 bits per heavy atom. The van der Waals surface area contributed by atoms with Crippen molar-refractivity contribution >= 4 is 0 Å². The van der Waals surface area contributed by atoms with Crippen LogP contribution in [0.1, 0.15) is 51.8 Å². The summed E-state index contributed by atoms with van der Waals surface area (Å²) in [6.45, 7) is 2.86. The SMILES string of the molecule is CCc1cccc2c1C1(CN)c3ccccc3C2c2ccccc21. The van der Waals surface area contributed by atoms with E-state index in [1.807, 2.05) is 0 Å². The minimum atomic E-state index is -0.204. The van der Waals surface area contributed by atoms with Gasteiger partial charge in [-0.3, -0.25) is 0 Å². The zero-order valence-electron chi connectivity index (χ0n) is 13.9. The van der Waals surface area contributed by atoms with Gasteiger partial charge in [-0.15, -0.1) is 0 Å². The summed E-state index contributed by atoms with van der Waals surface area (Å²) < 4.78 is 0. The topological polar surface area (TPSA) is 26.0 Å². The monoisotopic (exact) mass is 311 g/mol. The summed E-state index contributed by atoms with van der Waals surface area (Å²) in [5.41, 5.74) is 16.4. The summed E-state index contributed by atoms with van der Waals surface area (Å²) in [6.07, 6.45) is 1.04. The summed E-state index contributed by atoms with van der Waals surface area (Å²) in [4.78, 5) is 0. The second-order valence-electron chi connectivity index (χ2n) is 6.95. The Morgan fingerprint density at radius 1 is 0.792 bits per heavy atom. The van der Waals surface area contributed by atoms with Gasteiger partial charge in [0.15, 0.2) is 0 Å². The fourth-order valence-electron chi connectivity index (χ4n) is 5.19. The third-order valence-corrected chi connectivity index (χ3v) is 6.07. The lowest BCUT2D eigenvalue weighted by Crippen LogP contribution is -2.47. The fraction of sp³-hybridized carbons (Fsp3) is 0.217. The van der Waals surface area contributed by atoms with Crippen molar-refractivity contribution in [3.05, 3.63) is 106 Å². The van der Waals surface area contributed by atoms with Crippen LogP contribution in [0.15, 0.2) is 66.7 Å². The van der Waals surface area contributed by atoms with E-state index in [2.05, 4.69) is 73.7 Å². The minimum Gasteiger partial charge on any atom is -0.329 e. The molecule has 0 radical (unpaired) electrons. The molecule has 0 heterocycles. The third-order valence-electron chi connectivity index (χ3n) is 6.07. The van der Waals surface area contributed by atoms with E-state index in [0.29, 0.717) is 12.5 Å². The molecule has 0 unspecified atom stereocenters. The quantitative estimate of drug-likeness (QED) is 0.748. The smallest absolute Gasteiger partial charge is 0.0585 e. The summed E-state index contributed by atoms with van der Waals surface area (Å²) in [6, 6.07) is 24.6. The number of nitrogens with two attached hydrogens (primary N) is 1. The van der Waals surface area contributed by atoms with Crippen molar-refractivity contribution in [1.82, 2.24) is 0 Å². The van der Waals surface area contributed by atoms with E-state index in [9.17, 15) is 0 Å². The lowest BCUT2D eigenvalue weighted by Gasteiger charge is -2.51. The van der Waals surface area contributed by atoms with Gasteiger partial charge in [0.25, 0.3) is 0 Å². The standard InChI is InChI=1S/C23H21N/c1-2-15-8-7-11-18-21-16-9-3-5-12-19(16)23(14-24,22(15)18)20-13-6-4-10-17(20)21/h3-13,21H,2,14,24H2,1H3. The van der Waals surface area contributed by atoms with Crippen LogP contribution in [0.25, 0.3) is 0 Å². The van der Waals surface area contributed by atoms with E-state index in [-0.39, 0.29) is 5.41 Å². The molecule has 0 amide bonds. The molecule has 0 atom stereocenters. The highest BCUT2D eigenvalue weighted by Crippen LogP contribution is 2.59. The molecule has 1 nitrogen and oxygen atoms in total. The van der Waals surface area contributed by atoms with Crippen molar-refractivity contribution in [2.45, 2.75) is 24.7 Å². The number of aryl methyl sites for hydroxylation is 1. The van der Waals surface area contributed by atoms with Gasteiger partial charge in [0.2, 0.25) is 0 Å². The van der Waals surface area contributed by atoms with Gasteiger partial charge in [0, 0.05) is 12.5 Å². The van der Waals surface area contributed by atoms with E-state index < -0.39 is 0 Å². The molecule has 0 saturated heterocycles. The molecule has 3 aliphatic rings. The van der Waals surface area contributed by atoms with Crippen molar-refractivity contribution in [2.75, 3.05) is 6.54 Å². The Balaban J connectivity index is 2.00. The molecule has 2 bridgehead atoms. The van der Waals surface area contributed by atoms with E-state index in [1.54, 1.807) is 0 Å². The molecule has 24 heavy (non-hydrogen) atoms.